The highest BCUT2D eigenvalue weighted by Gasteiger charge is 2.48. The van der Waals surface area contributed by atoms with E-state index >= 15 is 0 Å². The van der Waals surface area contributed by atoms with Crippen molar-refractivity contribution in [2.45, 2.75) is 69.2 Å². The molecule has 0 bridgehead atoms. The van der Waals surface area contributed by atoms with Gasteiger partial charge in [0.15, 0.2) is 6.61 Å². The predicted molar refractivity (Wildman–Crippen MR) is 176 cm³/mol. The lowest BCUT2D eigenvalue weighted by molar-refractivity contribution is -0.153. The Labute approximate surface area is 299 Å². The van der Waals surface area contributed by atoms with Gasteiger partial charge in [0.2, 0.25) is 10.0 Å². The largest absolute Gasteiger partial charge is 0.486 e. The summed E-state index contributed by atoms with van der Waals surface area (Å²) in [5.41, 5.74) is -2.51. The van der Waals surface area contributed by atoms with Gasteiger partial charge in [0.25, 0.3) is 11.8 Å². The highest BCUT2D eigenvalue weighted by Crippen LogP contribution is 2.39. The molecule has 0 unspecified atom stereocenters. The van der Waals surface area contributed by atoms with Gasteiger partial charge in [-0.25, -0.2) is 21.6 Å². The molecule has 2 N–H and O–H groups in total. The SMILES string of the molecule is Cc1cc(C(=O)N2CCC(O)(CF)CC2)cc(C)c1C=CS(=O)(=O)N1CCC2(CC1)N=C(c1ccc(C(F)(F)F)c(OCC(F)(F)C(F)F)c1)NC2=O. The quantitative estimate of drug-likeness (QED) is 0.318. The average molecular weight is 781 g/mol. The van der Waals surface area contributed by atoms with E-state index in [0.29, 0.717) is 34.4 Å². The van der Waals surface area contributed by atoms with Gasteiger partial charge in [-0.3, -0.25) is 14.6 Å². The molecule has 1 spiro atoms. The first-order valence-electron chi connectivity index (χ1n) is 16.4. The number of piperidine rings is 2. The van der Waals surface area contributed by atoms with Crippen LogP contribution in [0.4, 0.5) is 35.1 Å². The van der Waals surface area contributed by atoms with E-state index < -0.39 is 70.2 Å². The van der Waals surface area contributed by atoms with Crippen molar-refractivity contribution in [1.82, 2.24) is 14.5 Å². The highest BCUT2D eigenvalue weighted by atomic mass is 32.2. The summed E-state index contributed by atoms with van der Waals surface area (Å²) in [5, 5.41) is 13.6. The Morgan fingerprint density at radius 1 is 1.02 bits per heavy atom. The van der Waals surface area contributed by atoms with Crippen molar-refractivity contribution in [3.8, 4) is 5.75 Å². The van der Waals surface area contributed by atoms with Gasteiger partial charge in [-0.1, -0.05) is 6.07 Å². The summed E-state index contributed by atoms with van der Waals surface area (Å²) < 4.78 is 138. The second kappa shape index (κ2) is 14.6. The average Bonchev–Trinajstić information content (AvgIpc) is 3.41. The molecule has 10 nitrogen and oxygen atoms in total. The molecule has 2 saturated heterocycles. The second-order valence-electron chi connectivity index (χ2n) is 13.4. The molecule has 19 heteroatoms. The monoisotopic (exact) mass is 780 g/mol. The summed E-state index contributed by atoms with van der Waals surface area (Å²) in [4.78, 5) is 32.1. The number of carbonyl (C=O) groups is 2. The molecule has 290 valence electrons. The third kappa shape index (κ3) is 8.51. The zero-order valence-corrected chi connectivity index (χ0v) is 29.3. The van der Waals surface area contributed by atoms with Crippen LogP contribution in [0.5, 0.6) is 5.75 Å². The molecule has 2 fully saturated rings. The standard InChI is InChI=1S/C34H36F8N4O6S/c1-20-15-23(28(47)45-10-6-31(49,18-35)7-11-45)16-21(2)24(20)5-14-53(50,51)46-12-8-32(9-13-46)30(48)43-27(44-32)22-3-4-25(34(40,41)42)26(17-22)52-19-33(38,39)29(36)37/h3-5,14-17,29,49H,6-13,18-19H2,1-2H3,(H,43,44,48). The second-order valence-corrected chi connectivity index (χ2v) is 15.2. The first kappa shape index (κ1) is 40.1. The number of hydrogen-bond acceptors (Lipinski definition) is 7. The van der Waals surface area contributed by atoms with Crippen LogP contribution in [0.2, 0.25) is 0 Å². The van der Waals surface area contributed by atoms with Crippen molar-refractivity contribution in [3.63, 3.8) is 0 Å². The minimum Gasteiger partial charge on any atom is -0.486 e. The molecule has 3 aliphatic heterocycles. The van der Waals surface area contributed by atoms with E-state index in [1.165, 1.54) is 11.0 Å². The summed E-state index contributed by atoms with van der Waals surface area (Å²) in [7, 11) is -4.05. The molecular formula is C34H36F8N4O6S. The summed E-state index contributed by atoms with van der Waals surface area (Å²) in [5.74, 6) is -7.12. The van der Waals surface area contributed by atoms with Gasteiger partial charge < -0.3 is 20.1 Å². The third-order valence-corrected chi connectivity index (χ3v) is 11.2. The van der Waals surface area contributed by atoms with Crippen molar-refractivity contribution in [2.75, 3.05) is 39.5 Å². The maximum atomic E-state index is 13.5. The molecule has 2 aromatic rings. The molecule has 0 aliphatic carbocycles. The van der Waals surface area contributed by atoms with Crippen molar-refractivity contribution in [1.29, 1.82) is 0 Å². The van der Waals surface area contributed by atoms with Gasteiger partial charge in [-0.15, -0.1) is 0 Å². The molecule has 0 saturated carbocycles. The first-order chi connectivity index (χ1) is 24.6. The van der Waals surface area contributed by atoms with Crippen molar-refractivity contribution >= 4 is 33.7 Å². The maximum Gasteiger partial charge on any atom is 0.419 e. The summed E-state index contributed by atoms with van der Waals surface area (Å²) >= 11 is 0. The van der Waals surface area contributed by atoms with E-state index in [0.717, 1.165) is 15.8 Å². The number of aliphatic hydroxyl groups is 1. The molecule has 0 atom stereocenters. The molecular weight excluding hydrogens is 744 g/mol. The number of amidine groups is 1. The van der Waals surface area contributed by atoms with E-state index in [2.05, 4.69) is 15.0 Å². The third-order valence-electron chi connectivity index (χ3n) is 9.67. The number of likely N-dealkylation sites (tertiary alicyclic amines) is 1. The van der Waals surface area contributed by atoms with Crippen LogP contribution in [0.25, 0.3) is 6.08 Å². The number of aliphatic imine (C=N–C) groups is 1. The van der Waals surface area contributed by atoms with Gasteiger partial charge in [-0.05, 0) is 86.6 Å². The Bertz CT molecular complexity index is 1900. The topological polar surface area (TPSA) is 129 Å². The Hall–Kier alpha value is -4.10. The van der Waals surface area contributed by atoms with Crippen molar-refractivity contribution in [3.05, 3.63) is 69.1 Å². The maximum absolute atomic E-state index is 13.5. The van der Waals surface area contributed by atoms with E-state index in [-0.39, 0.29) is 69.2 Å². The van der Waals surface area contributed by atoms with Gasteiger partial charge in [0.1, 0.15) is 23.8 Å². The zero-order chi connectivity index (χ0) is 39.1. The molecule has 53 heavy (non-hydrogen) atoms. The Balaban J connectivity index is 1.27. The molecule has 5 rings (SSSR count). The van der Waals surface area contributed by atoms with Crippen LogP contribution in [0, 0.1) is 13.8 Å². The van der Waals surface area contributed by atoms with Gasteiger partial charge in [0, 0.05) is 42.7 Å². The Kier molecular flexibility index (Phi) is 11.1. The van der Waals surface area contributed by atoms with Crippen LogP contribution in [0.15, 0.2) is 40.7 Å². The number of benzene rings is 2. The summed E-state index contributed by atoms with van der Waals surface area (Å²) in [6, 6.07) is 5.26. The molecule has 3 heterocycles. The van der Waals surface area contributed by atoms with Crippen LogP contribution < -0.4 is 10.1 Å². The van der Waals surface area contributed by atoms with Crippen molar-refractivity contribution < 1.29 is 63.0 Å². The molecule has 0 radical (unpaired) electrons. The number of hydrogen-bond donors (Lipinski definition) is 2. The van der Waals surface area contributed by atoms with E-state index in [4.69, 9.17) is 0 Å². The number of carbonyl (C=O) groups excluding carboxylic acids is 2. The summed E-state index contributed by atoms with van der Waals surface area (Å²) in [6.45, 7) is 0.506. The van der Waals surface area contributed by atoms with Crippen molar-refractivity contribution in [2.24, 2.45) is 4.99 Å². The number of nitrogens with zero attached hydrogens (tertiary/aromatic N) is 3. The Morgan fingerprint density at radius 3 is 2.17 bits per heavy atom. The van der Waals surface area contributed by atoms with Crippen LogP contribution in [0.3, 0.4) is 0 Å². The fourth-order valence-electron chi connectivity index (χ4n) is 6.41. The minimum absolute atomic E-state index is 0.107. The molecule has 2 aromatic carbocycles. The highest BCUT2D eigenvalue weighted by molar-refractivity contribution is 7.92. The van der Waals surface area contributed by atoms with E-state index in [1.807, 2.05) is 0 Å². The number of nitrogens with one attached hydrogen (secondary N) is 1. The molecule has 2 amide bonds. The fraction of sp³-hybridized carbons (Fsp3) is 0.500. The Morgan fingerprint density at radius 2 is 1.62 bits per heavy atom. The number of sulfonamides is 1. The number of amides is 2. The number of aryl methyl sites for hydroxylation is 2. The normalized spacial score (nSPS) is 19.6. The first-order valence-corrected chi connectivity index (χ1v) is 17.9. The number of ether oxygens (including phenoxy) is 1. The van der Waals surface area contributed by atoms with E-state index in [9.17, 15) is 58.2 Å². The van der Waals surface area contributed by atoms with Crippen LogP contribution >= 0.6 is 0 Å². The number of halogens is 8. The number of alkyl halides is 8. The van der Waals surface area contributed by atoms with Gasteiger partial charge >= 0.3 is 18.5 Å². The van der Waals surface area contributed by atoms with Crippen LogP contribution in [-0.2, 0) is 21.0 Å². The molecule has 0 aromatic heterocycles. The zero-order valence-electron chi connectivity index (χ0n) is 28.5. The predicted octanol–water partition coefficient (Wildman–Crippen LogP) is 5.25. The lowest BCUT2D eigenvalue weighted by atomic mass is 9.89. The van der Waals surface area contributed by atoms with Crippen LogP contribution in [-0.4, -0.2) is 103 Å². The minimum atomic E-state index is -5.09. The smallest absolute Gasteiger partial charge is 0.419 e. The van der Waals surface area contributed by atoms with Gasteiger partial charge in [0.05, 0.1) is 11.2 Å². The number of rotatable bonds is 10. The fourth-order valence-corrected chi connectivity index (χ4v) is 7.58. The summed E-state index contributed by atoms with van der Waals surface area (Å²) in [6.07, 6.45) is -7.91. The van der Waals surface area contributed by atoms with Gasteiger partial charge in [-0.2, -0.15) is 26.3 Å². The lowest BCUT2D eigenvalue weighted by Gasteiger charge is -2.36. The molecule has 3 aliphatic rings. The van der Waals surface area contributed by atoms with E-state index in [1.54, 1.807) is 26.0 Å². The van der Waals surface area contributed by atoms with Crippen LogP contribution in [0.1, 0.15) is 63.9 Å². The lowest BCUT2D eigenvalue weighted by Crippen LogP contribution is -2.50.